The highest BCUT2D eigenvalue weighted by atomic mass is 35.5. The number of carbonyl (C=O) groups is 1. The van der Waals surface area contributed by atoms with Gasteiger partial charge in [-0.1, -0.05) is 34.8 Å². The highest BCUT2D eigenvalue weighted by Gasteiger charge is 2.23. The van der Waals surface area contributed by atoms with Gasteiger partial charge in [0.05, 0.1) is 15.1 Å². The lowest BCUT2D eigenvalue weighted by atomic mass is 9.90. The third-order valence-corrected chi connectivity index (χ3v) is 3.50. The molecule has 0 radical (unpaired) electrons. The number of Topliss-reactive ketones (excluding diaryl/α,β-unsaturated/α-hetero) is 1. The first kappa shape index (κ1) is 10.3. The average molecular weight is 250 g/mol. The molecule has 0 saturated heterocycles. The SMILES string of the molecule is O=C1CCCc2c(Cl)c(Cl)cc(Cl)c21. The zero-order valence-corrected chi connectivity index (χ0v) is 9.51. The van der Waals surface area contributed by atoms with E-state index in [0.717, 1.165) is 18.4 Å². The molecule has 14 heavy (non-hydrogen) atoms. The van der Waals surface area contributed by atoms with Gasteiger partial charge in [-0.05, 0) is 24.5 Å². The minimum Gasteiger partial charge on any atom is -0.294 e. The van der Waals surface area contributed by atoms with Crippen LogP contribution in [0.2, 0.25) is 15.1 Å². The van der Waals surface area contributed by atoms with Crippen LogP contribution in [0.15, 0.2) is 6.07 Å². The van der Waals surface area contributed by atoms with E-state index in [1.807, 2.05) is 0 Å². The normalized spacial score (nSPS) is 15.5. The molecule has 1 aromatic rings. The molecule has 0 unspecified atom stereocenters. The Bertz CT molecular complexity index is 412. The van der Waals surface area contributed by atoms with Crippen LogP contribution in [-0.2, 0) is 6.42 Å². The summed E-state index contributed by atoms with van der Waals surface area (Å²) in [4.78, 5) is 11.6. The predicted octanol–water partition coefficient (Wildman–Crippen LogP) is 4.17. The quantitative estimate of drug-likeness (QED) is 0.631. The van der Waals surface area contributed by atoms with Crippen LogP contribution in [0.5, 0.6) is 0 Å². The van der Waals surface area contributed by atoms with Crippen LogP contribution < -0.4 is 0 Å². The first-order valence-electron chi connectivity index (χ1n) is 4.31. The van der Waals surface area contributed by atoms with Gasteiger partial charge >= 0.3 is 0 Å². The highest BCUT2D eigenvalue weighted by Crippen LogP contribution is 2.37. The van der Waals surface area contributed by atoms with Crippen molar-refractivity contribution in [3.8, 4) is 0 Å². The van der Waals surface area contributed by atoms with E-state index >= 15 is 0 Å². The number of halogens is 3. The summed E-state index contributed by atoms with van der Waals surface area (Å²) in [6, 6.07) is 1.54. The zero-order chi connectivity index (χ0) is 10.3. The summed E-state index contributed by atoms with van der Waals surface area (Å²) in [6.45, 7) is 0. The summed E-state index contributed by atoms with van der Waals surface area (Å²) < 4.78 is 0. The standard InChI is InChI=1S/C10H7Cl3O/c11-6-4-7(12)10(13)5-2-1-3-8(14)9(5)6/h4H,1-3H2. The molecule has 0 aromatic heterocycles. The predicted molar refractivity (Wildman–Crippen MR) is 58.7 cm³/mol. The molecule has 0 bridgehead atoms. The summed E-state index contributed by atoms with van der Waals surface area (Å²) in [6.07, 6.45) is 2.15. The van der Waals surface area contributed by atoms with Crippen molar-refractivity contribution in [2.24, 2.45) is 0 Å². The lowest BCUT2D eigenvalue weighted by molar-refractivity contribution is 0.0972. The Morgan fingerprint density at radius 1 is 1.07 bits per heavy atom. The molecule has 0 aliphatic heterocycles. The van der Waals surface area contributed by atoms with Gasteiger partial charge in [-0.3, -0.25) is 4.79 Å². The van der Waals surface area contributed by atoms with Crippen LogP contribution in [-0.4, -0.2) is 5.78 Å². The number of rotatable bonds is 0. The van der Waals surface area contributed by atoms with Gasteiger partial charge in [0, 0.05) is 12.0 Å². The largest absolute Gasteiger partial charge is 0.294 e. The molecule has 0 fully saturated rings. The topological polar surface area (TPSA) is 17.1 Å². The molecule has 1 aliphatic rings. The van der Waals surface area contributed by atoms with Crippen molar-refractivity contribution in [3.63, 3.8) is 0 Å². The summed E-state index contributed by atoms with van der Waals surface area (Å²) in [5.41, 5.74) is 1.37. The van der Waals surface area contributed by atoms with Crippen LogP contribution in [0.3, 0.4) is 0 Å². The summed E-state index contributed by atoms with van der Waals surface area (Å²) in [7, 11) is 0. The van der Waals surface area contributed by atoms with Crippen molar-refractivity contribution >= 4 is 40.6 Å². The van der Waals surface area contributed by atoms with E-state index in [-0.39, 0.29) is 5.78 Å². The van der Waals surface area contributed by atoms with Crippen LogP contribution in [0.25, 0.3) is 0 Å². The van der Waals surface area contributed by atoms with Crippen molar-refractivity contribution in [1.82, 2.24) is 0 Å². The van der Waals surface area contributed by atoms with Gasteiger partial charge in [0.2, 0.25) is 0 Å². The smallest absolute Gasteiger partial charge is 0.164 e. The van der Waals surface area contributed by atoms with E-state index in [0.29, 0.717) is 27.1 Å². The zero-order valence-electron chi connectivity index (χ0n) is 7.24. The maximum absolute atomic E-state index is 11.6. The molecule has 74 valence electrons. The molecule has 0 saturated carbocycles. The van der Waals surface area contributed by atoms with E-state index in [1.54, 1.807) is 0 Å². The molecule has 1 aromatic carbocycles. The molecule has 0 atom stereocenters. The van der Waals surface area contributed by atoms with E-state index in [2.05, 4.69) is 0 Å². The molecular weight excluding hydrogens is 242 g/mol. The second-order valence-corrected chi connectivity index (χ2v) is 4.48. The minimum atomic E-state index is 0.0646. The van der Waals surface area contributed by atoms with Crippen LogP contribution in [0, 0.1) is 0 Å². The number of ketones is 1. The average Bonchev–Trinajstić information content (AvgIpc) is 2.14. The van der Waals surface area contributed by atoms with E-state index in [1.165, 1.54) is 6.07 Å². The Kier molecular flexibility index (Phi) is 2.74. The third-order valence-electron chi connectivity index (χ3n) is 2.38. The molecule has 0 spiro atoms. The van der Waals surface area contributed by atoms with Crippen molar-refractivity contribution in [2.45, 2.75) is 19.3 Å². The van der Waals surface area contributed by atoms with Crippen LogP contribution in [0.1, 0.15) is 28.8 Å². The monoisotopic (exact) mass is 248 g/mol. The number of fused-ring (bicyclic) bond motifs is 1. The lowest BCUT2D eigenvalue weighted by Crippen LogP contribution is -2.12. The first-order chi connectivity index (χ1) is 6.61. The van der Waals surface area contributed by atoms with Crippen molar-refractivity contribution in [2.75, 3.05) is 0 Å². The van der Waals surface area contributed by atoms with Crippen molar-refractivity contribution in [1.29, 1.82) is 0 Å². The van der Waals surface area contributed by atoms with Crippen LogP contribution >= 0.6 is 34.8 Å². The van der Waals surface area contributed by atoms with Gasteiger partial charge in [-0.25, -0.2) is 0 Å². The van der Waals surface area contributed by atoms with Crippen LogP contribution in [0.4, 0.5) is 0 Å². The number of carbonyl (C=O) groups excluding carboxylic acids is 1. The lowest BCUT2D eigenvalue weighted by Gasteiger charge is -2.17. The van der Waals surface area contributed by atoms with Crippen molar-refractivity contribution < 1.29 is 4.79 Å². The molecule has 1 aliphatic carbocycles. The number of benzene rings is 1. The van der Waals surface area contributed by atoms with E-state index < -0.39 is 0 Å². The Morgan fingerprint density at radius 3 is 2.50 bits per heavy atom. The molecule has 0 amide bonds. The fourth-order valence-corrected chi connectivity index (χ4v) is 2.58. The highest BCUT2D eigenvalue weighted by molar-refractivity contribution is 6.44. The van der Waals surface area contributed by atoms with E-state index in [4.69, 9.17) is 34.8 Å². The fraction of sp³-hybridized carbons (Fsp3) is 0.300. The summed E-state index contributed by atoms with van der Waals surface area (Å²) >= 11 is 17.8. The van der Waals surface area contributed by atoms with Gasteiger partial charge in [-0.15, -0.1) is 0 Å². The van der Waals surface area contributed by atoms with E-state index in [9.17, 15) is 4.79 Å². The van der Waals surface area contributed by atoms with Gasteiger partial charge in [-0.2, -0.15) is 0 Å². The minimum absolute atomic E-state index is 0.0646. The molecule has 0 N–H and O–H groups in total. The second-order valence-electron chi connectivity index (χ2n) is 3.28. The fourth-order valence-electron chi connectivity index (χ4n) is 1.73. The molecule has 1 nitrogen and oxygen atoms in total. The van der Waals surface area contributed by atoms with Gasteiger partial charge < -0.3 is 0 Å². The molecule has 2 rings (SSSR count). The molecular formula is C10H7Cl3O. The Hall–Kier alpha value is -0.240. The molecule has 4 heteroatoms. The summed E-state index contributed by atoms with van der Waals surface area (Å²) in [5, 5.41) is 1.31. The second kappa shape index (κ2) is 3.73. The number of hydrogen-bond acceptors (Lipinski definition) is 1. The van der Waals surface area contributed by atoms with Gasteiger partial charge in [0.1, 0.15) is 0 Å². The Labute approximate surface area is 97.0 Å². The first-order valence-corrected chi connectivity index (χ1v) is 5.44. The molecule has 0 heterocycles. The summed E-state index contributed by atoms with van der Waals surface area (Å²) in [5.74, 6) is 0.0646. The number of hydrogen-bond donors (Lipinski definition) is 0. The Morgan fingerprint density at radius 2 is 1.79 bits per heavy atom. The van der Waals surface area contributed by atoms with Crippen molar-refractivity contribution in [3.05, 3.63) is 32.3 Å². The maximum Gasteiger partial charge on any atom is 0.164 e. The third kappa shape index (κ3) is 1.54. The maximum atomic E-state index is 11.6. The Balaban J connectivity index is 2.72. The van der Waals surface area contributed by atoms with Gasteiger partial charge in [0.25, 0.3) is 0 Å². The van der Waals surface area contributed by atoms with Gasteiger partial charge in [0.15, 0.2) is 5.78 Å².